The van der Waals surface area contributed by atoms with Gasteiger partial charge in [-0.3, -0.25) is 4.72 Å². The van der Waals surface area contributed by atoms with Crippen LogP contribution in [0, 0.1) is 5.92 Å². The largest absolute Gasteiger partial charge is 0.361 e. The number of aromatic nitrogens is 1. The van der Waals surface area contributed by atoms with Gasteiger partial charge < -0.3 is 4.98 Å². The number of fused-ring (bicyclic) bond motifs is 1. The van der Waals surface area contributed by atoms with Crippen molar-refractivity contribution < 1.29 is 8.42 Å². The summed E-state index contributed by atoms with van der Waals surface area (Å²) in [5.41, 5.74) is 2.62. The number of aromatic amines is 1. The number of nitrogens with one attached hydrogen (secondary N) is 2. The number of anilines is 1. The van der Waals surface area contributed by atoms with E-state index >= 15 is 0 Å². The van der Waals surface area contributed by atoms with Crippen molar-refractivity contribution in [3.05, 3.63) is 60.3 Å². The van der Waals surface area contributed by atoms with Crippen LogP contribution in [0.3, 0.4) is 0 Å². The van der Waals surface area contributed by atoms with Gasteiger partial charge in [0.1, 0.15) is 0 Å². The van der Waals surface area contributed by atoms with Gasteiger partial charge in [-0.25, -0.2) is 8.42 Å². The van der Waals surface area contributed by atoms with Gasteiger partial charge in [-0.2, -0.15) is 0 Å². The van der Waals surface area contributed by atoms with Gasteiger partial charge in [-0.1, -0.05) is 32.0 Å². The lowest BCUT2D eigenvalue weighted by molar-refractivity contribution is 0.601. The zero-order valence-corrected chi connectivity index (χ0v) is 14.0. The fourth-order valence-electron chi connectivity index (χ4n) is 2.65. The molecule has 1 heterocycles. The average Bonchev–Trinajstić information content (AvgIpc) is 2.96. The van der Waals surface area contributed by atoms with E-state index < -0.39 is 10.0 Å². The predicted molar refractivity (Wildman–Crippen MR) is 94.1 cm³/mol. The minimum Gasteiger partial charge on any atom is -0.361 e. The Balaban J connectivity index is 1.88. The van der Waals surface area contributed by atoms with Crippen molar-refractivity contribution >= 4 is 26.6 Å². The van der Waals surface area contributed by atoms with Crippen LogP contribution in [0.1, 0.15) is 19.4 Å². The normalized spacial score (nSPS) is 12.0. The highest BCUT2D eigenvalue weighted by Gasteiger charge is 2.15. The van der Waals surface area contributed by atoms with Crippen LogP contribution in [-0.2, 0) is 16.4 Å². The van der Waals surface area contributed by atoms with Gasteiger partial charge in [0.2, 0.25) is 0 Å². The lowest BCUT2D eigenvalue weighted by Crippen LogP contribution is -2.13. The third-order valence-corrected chi connectivity index (χ3v) is 5.10. The summed E-state index contributed by atoms with van der Waals surface area (Å²) in [6.07, 6.45) is 2.74. The summed E-state index contributed by atoms with van der Waals surface area (Å²) in [5, 5.41) is 0.854. The molecule has 0 aliphatic carbocycles. The standard InChI is InChI=1S/C18H20N2O2S/c1-13(2)12-14-6-8-15(9-7-14)23(21,22)20-18-5-3-4-17-16(18)10-11-19-17/h3-11,13,19-20H,12H2,1-2H3. The molecule has 0 atom stereocenters. The zero-order chi connectivity index (χ0) is 16.4. The van der Waals surface area contributed by atoms with E-state index in [-0.39, 0.29) is 4.90 Å². The summed E-state index contributed by atoms with van der Waals surface area (Å²) in [5.74, 6) is 0.543. The molecule has 0 aliphatic heterocycles. The van der Waals surface area contributed by atoms with Crippen molar-refractivity contribution in [2.75, 3.05) is 4.72 Å². The molecule has 3 rings (SSSR count). The molecule has 0 fully saturated rings. The molecule has 2 N–H and O–H groups in total. The van der Waals surface area contributed by atoms with Gasteiger partial charge in [0.15, 0.2) is 0 Å². The van der Waals surface area contributed by atoms with Gasteiger partial charge >= 0.3 is 0 Å². The van der Waals surface area contributed by atoms with Crippen LogP contribution in [-0.4, -0.2) is 13.4 Å². The quantitative estimate of drug-likeness (QED) is 0.738. The molecule has 5 heteroatoms. The van der Waals surface area contributed by atoms with Crippen molar-refractivity contribution in [1.82, 2.24) is 4.98 Å². The Morgan fingerprint density at radius 3 is 2.48 bits per heavy atom. The number of rotatable bonds is 5. The van der Waals surface area contributed by atoms with Crippen LogP contribution in [0.4, 0.5) is 5.69 Å². The number of hydrogen-bond donors (Lipinski definition) is 2. The van der Waals surface area contributed by atoms with Crippen molar-refractivity contribution in [2.24, 2.45) is 5.92 Å². The molecule has 0 saturated heterocycles. The van der Waals surface area contributed by atoms with Crippen LogP contribution in [0.25, 0.3) is 10.9 Å². The molecular formula is C18H20N2O2S. The number of hydrogen-bond acceptors (Lipinski definition) is 2. The Morgan fingerprint density at radius 2 is 1.78 bits per heavy atom. The first-order valence-electron chi connectivity index (χ1n) is 7.63. The fraction of sp³-hybridized carbons (Fsp3) is 0.222. The molecule has 1 aromatic heterocycles. The molecule has 3 aromatic rings. The predicted octanol–water partition coefficient (Wildman–Crippen LogP) is 4.17. The first-order valence-corrected chi connectivity index (χ1v) is 9.12. The first kappa shape index (κ1) is 15.6. The van der Waals surface area contributed by atoms with E-state index in [1.807, 2.05) is 30.3 Å². The second-order valence-corrected chi connectivity index (χ2v) is 7.77. The van der Waals surface area contributed by atoms with Crippen LogP contribution in [0.2, 0.25) is 0 Å². The van der Waals surface area contributed by atoms with E-state index in [9.17, 15) is 8.42 Å². The van der Waals surface area contributed by atoms with E-state index in [1.165, 1.54) is 0 Å². The minimum atomic E-state index is -3.59. The topological polar surface area (TPSA) is 62.0 Å². The van der Waals surface area contributed by atoms with E-state index in [1.54, 1.807) is 24.4 Å². The molecule has 0 radical (unpaired) electrons. The molecule has 0 unspecified atom stereocenters. The van der Waals surface area contributed by atoms with E-state index in [4.69, 9.17) is 0 Å². The second kappa shape index (κ2) is 6.08. The number of benzene rings is 2. The maximum Gasteiger partial charge on any atom is 0.261 e. The molecular weight excluding hydrogens is 308 g/mol. The maximum absolute atomic E-state index is 12.6. The summed E-state index contributed by atoms with van der Waals surface area (Å²) < 4.78 is 27.8. The monoisotopic (exact) mass is 328 g/mol. The third kappa shape index (κ3) is 3.40. The second-order valence-electron chi connectivity index (χ2n) is 6.09. The summed E-state index contributed by atoms with van der Waals surface area (Å²) in [7, 11) is -3.59. The Morgan fingerprint density at radius 1 is 1.04 bits per heavy atom. The highest BCUT2D eigenvalue weighted by atomic mass is 32.2. The van der Waals surface area contributed by atoms with Crippen molar-refractivity contribution in [1.29, 1.82) is 0 Å². The minimum absolute atomic E-state index is 0.276. The Hall–Kier alpha value is -2.27. The smallest absolute Gasteiger partial charge is 0.261 e. The molecule has 0 spiro atoms. The van der Waals surface area contributed by atoms with Gasteiger partial charge in [-0.05, 0) is 48.2 Å². The van der Waals surface area contributed by atoms with Crippen molar-refractivity contribution in [2.45, 2.75) is 25.2 Å². The van der Waals surface area contributed by atoms with Gasteiger partial charge in [0.05, 0.1) is 10.6 Å². The summed E-state index contributed by atoms with van der Waals surface area (Å²) in [6.45, 7) is 4.29. The van der Waals surface area contributed by atoms with Crippen LogP contribution < -0.4 is 4.72 Å². The SMILES string of the molecule is CC(C)Cc1ccc(S(=O)(=O)Nc2cccc3[nH]ccc23)cc1. The molecule has 0 saturated carbocycles. The summed E-state index contributed by atoms with van der Waals surface area (Å²) in [4.78, 5) is 3.35. The zero-order valence-electron chi connectivity index (χ0n) is 13.2. The number of sulfonamides is 1. The highest BCUT2D eigenvalue weighted by molar-refractivity contribution is 7.92. The Kier molecular flexibility index (Phi) is 4.13. The first-order chi connectivity index (χ1) is 11.0. The fourth-order valence-corrected chi connectivity index (χ4v) is 3.73. The summed E-state index contributed by atoms with van der Waals surface area (Å²) in [6, 6.07) is 14.4. The molecule has 0 bridgehead atoms. The number of H-pyrrole nitrogens is 1. The van der Waals surface area contributed by atoms with E-state index in [2.05, 4.69) is 23.6 Å². The van der Waals surface area contributed by atoms with Gasteiger partial charge in [0, 0.05) is 17.1 Å². The summed E-state index contributed by atoms with van der Waals surface area (Å²) >= 11 is 0. The van der Waals surface area contributed by atoms with Gasteiger partial charge in [-0.15, -0.1) is 0 Å². The highest BCUT2D eigenvalue weighted by Crippen LogP contribution is 2.25. The molecule has 120 valence electrons. The Labute approximate surface area is 136 Å². The van der Waals surface area contributed by atoms with Crippen LogP contribution >= 0.6 is 0 Å². The van der Waals surface area contributed by atoms with Crippen LogP contribution in [0.5, 0.6) is 0 Å². The van der Waals surface area contributed by atoms with Gasteiger partial charge in [0.25, 0.3) is 10.0 Å². The third-order valence-electron chi connectivity index (χ3n) is 3.72. The molecule has 4 nitrogen and oxygen atoms in total. The van der Waals surface area contributed by atoms with Crippen LogP contribution in [0.15, 0.2) is 59.6 Å². The van der Waals surface area contributed by atoms with Crippen molar-refractivity contribution in [3.63, 3.8) is 0 Å². The lowest BCUT2D eigenvalue weighted by Gasteiger charge is -2.10. The van der Waals surface area contributed by atoms with E-state index in [0.717, 1.165) is 22.9 Å². The average molecular weight is 328 g/mol. The van der Waals surface area contributed by atoms with E-state index in [0.29, 0.717) is 11.6 Å². The maximum atomic E-state index is 12.6. The molecule has 0 aliphatic rings. The molecule has 2 aromatic carbocycles. The molecule has 0 amide bonds. The lowest BCUT2D eigenvalue weighted by atomic mass is 10.0. The van der Waals surface area contributed by atoms with Crippen molar-refractivity contribution in [3.8, 4) is 0 Å². The molecule has 23 heavy (non-hydrogen) atoms. The Bertz CT molecular complexity index is 910.